The van der Waals surface area contributed by atoms with Gasteiger partial charge in [0.1, 0.15) is 16.7 Å². The third-order valence-electron chi connectivity index (χ3n) is 7.55. The average molecular weight is 636 g/mol. The van der Waals surface area contributed by atoms with Crippen molar-refractivity contribution in [2.75, 3.05) is 0 Å². The quantitative estimate of drug-likeness (QED) is 0.116. The number of benzene rings is 4. The van der Waals surface area contributed by atoms with Gasteiger partial charge in [0.05, 0.1) is 5.71 Å². The number of fused-ring (bicyclic) bond motifs is 1. The minimum atomic E-state index is -5.31. The average Bonchev–Trinajstić information content (AvgIpc) is 2.88. The van der Waals surface area contributed by atoms with E-state index in [0.717, 1.165) is 6.07 Å². The van der Waals surface area contributed by atoms with Crippen LogP contribution < -0.4 is 0 Å². The maximum Gasteiger partial charge on any atom is 0.401 e. The summed E-state index contributed by atoms with van der Waals surface area (Å²) in [4.78, 5) is -0.475. The zero-order valence-electron chi connectivity index (χ0n) is 24.9. The summed E-state index contributed by atoms with van der Waals surface area (Å²) >= 11 is 0. The predicted molar refractivity (Wildman–Crippen MR) is 159 cm³/mol. The second-order valence-electron chi connectivity index (χ2n) is 11.1. The molecule has 0 bridgehead atoms. The first-order chi connectivity index (χ1) is 20.3. The summed E-state index contributed by atoms with van der Waals surface area (Å²) in [5.41, 5.74) is -0.913. The van der Waals surface area contributed by atoms with Crippen LogP contribution in [0.5, 0.6) is 0 Å². The van der Waals surface area contributed by atoms with Crippen molar-refractivity contribution in [1.82, 2.24) is 0 Å². The van der Waals surface area contributed by atoms with Gasteiger partial charge in [-0.2, -0.15) is 34.8 Å². The molecule has 4 aromatic carbocycles. The molecule has 234 valence electrons. The minimum Gasteiger partial charge on any atom is -0.265 e. The summed E-state index contributed by atoms with van der Waals surface area (Å²) in [6, 6.07) is 16.2. The lowest BCUT2D eigenvalue weighted by molar-refractivity contribution is -0.148. The Labute approximate surface area is 252 Å². The van der Waals surface area contributed by atoms with Gasteiger partial charge in [0.25, 0.3) is 0 Å². The van der Waals surface area contributed by atoms with Gasteiger partial charge < -0.3 is 0 Å². The molecule has 11 heteroatoms. The van der Waals surface area contributed by atoms with Crippen molar-refractivity contribution in [2.24, 2.45) is 5.16 Å². The molecule has 0 heterocycles. The van der Waals surface area contributed by atoms with Gasteiger partial charge in [0.15, 0.2) is 0 Å². The second-order valence-corrected chi connectivity index (χ2v) is 12.7. The molecule has 4 rings (SSSR count). The van der Waals surface area contributed by atoms with Gasteiger partial charge in [0, 0.05) is 0 Å². The number of rotatable bonds is 7. The van der Waals surface area contributed by atoms with E-state index < -0.39 is 56.0 Å². The number of nitrogens with zero attached hydrogens (tertiary/aromatic N) is 1. The van der Waals surface area contributed by atoms with Gasteiger partial charge in [-0.15, -0.1) is 0 Å². The SMILES string of the molecule is Cc1cc(C)c(C(C(=NOS(=O)(=O)c2ccc3ccccc3c2)C(c2c(C)cc(C)cc2C)C(F)(F)F)C(F)(F)F)c(C)c1. The molecule has 4 aromatic rings. The molecule has 0 spiro atoms. The van der Waals surface area contributed by atoms with Crippen LogP contribution in [0.15, 0.2) is 76.8 Å². The molecule has 0 aromatic heterocycles. The molecule has 0 aliphatic rings. The fraction of sp³-hybridized carbons (Fsp3) is 0.303. The first-order valence-corrected chi connectivity index (χ1v) is 15.0. The van der Waals surface area contributed by atoms with Crippen LogP contribution in [0.3, 0.4) is 0 Å². The third-order valence-corrected chi connectivity index (χ3v) is 8.65. The Balaban J connectivity index is 2.04. The highest BCUT2D eigenvalue weighted by Crippen LogP contribution is 2.48. The molecule has 4 nitrogen and oxygen atoms in total. The molecule has 0 fully saturated rings. The maximum atomic E-state index is 15.1. The van der Waals surface area contributed by atoms with Crippen molar-refractivity contribution < 1.29 is 39.0 Å². The summed E-state index contributed by atoms with van der Waals surface area (Å²) < 4.78 is 122. The van der Waals surface area contributed by atoms with Crippen LogP contribution in [-0.2, 0) is 14.4 Å². The van der Waals surface area contributed by atoms with Crippen LogP contribution in [0, 0.1) is 41.5 Å². The van der Waals surface area contributed by atoms with Crippen LogP contribution in [0.1, 0.15) is 56.3 Å². The van der Waals surface area contributed by atoms with E-state index in [2.05, 4.69) is 5.16 Å². The van der Waals surface area contributed by atoms with E-state index in [1.165, 1.54) is 64.1 Å². The Bertz CT molecular complexity index is 1740. The smallest absolute Gasteiger partial charge is 0.265 e. The fourth-order valence-corrected chi connectivity index (χ4v) is 6.76. The van der Waals surface area contributed by atoms with E-state index in [4.69, 9.17) is 4.28 Å². The lowest BCUT2D eigenvalue weighted by atomic mass is 9.76. The van der Waals surface area contributed by atoms with Crippen LogP contribution in [0.4, 0.5) is 26.3 Å². The third kappa shape index (κ3) is 6.77. The number of hydrogen-bond acceptors (Lipinski definition) is 4. The van der Waals surface area contributed by atoms with Crippen LogP contribution in [0.2, 0.25) is 0 Å². The summed E-state index contributed by atoms with van der Waals surface area (Å²) in [5, 5.41) is 4.48. The zero-order chi connectivity index (χ0) is 32.8. The van der Waals surface area contributed by atoms with Crippen LogP contribution >= 0.6 is 0 Å². The molecule has 44 heavy (non-hydrogen) atoms. The molecule has 0 saturated heterocycles. The van der Waals surface area contributed by atoms with E-state index in [1.54, 1.807) is 38.1 Å². The molecule has 0 radical (unpaired) electrons. The zero-order valence-corrected chi connectivity index (χ0v) is 25.7. The number of alkyl halides is 6. The summed E-state index contributed by atoms with van der Waals surface area (Å²) in [6.45, 7) is 8.76. The van der Waals surface area contributed by atoms with Gasteiger partial charge >= 0.3 is 22.5 Å². The highest BCUT2D eigenvalue weighted by Gasteiger charge is 2.55. The van der Waals surface area contributed by atoms with Gasteiger partial charge in [-0.1, -0.05) is 70.9 Å². The van der Waals surface area contributed by atoms with E-state index in [-0.39, 0.29) is 22.3 Å². The Kier molecular flexibility index (Phi) is 8.94. The Morgan fingerprint density at radius 1 is 0.636 bits per heavy atom. The number of oxime groups is 1. The number of aryl methyl sites for hydroxylation is 6. The van der Waals surface area contributed by atoms with Crippen molar-refractivity contribution in [3.63, 3.8) is 0 Å². The molecule has 0 N–H and O–H groups in total. The van der Waals surface area contributed by atoms with E-state index in [1.807, 2.05) is 0 Å². The number of hydrogen-bond donors (Lipinski definition) is 0. The summed E-state index contributed by atoms with van der Waals surface area (Å²) in [5.74, 6) is -5.89. The standard InChI is InChI=1S/C33H31F6NO3S/c1-18-13-20(3)27(21(4)14-18)29(32(34,35)36)31(30(33(37,38)39)28-22(5)15-19(2)16-23(28)6)40-43-44(41,42)26-12-11-24-9-7-8-10-25(24)17-26/h7-17,29-30H,1-6H3. The monoisotopic (exact) mass is 635 g/mol. The van der Waals surface area contributed by atoms with Gasteiger partial charge in [-0.3, -0.25) is 4.28 Å². The van der Waals surface area contributed by atoms with Crippen LogP contribution in [0.25, 0.3) is 10.8 Å². The first kappa shape index (κ1) is 33.0. The van der Waals surface area contributed by atoms with E-state index >= 15 is 26.3 Å². The van der Waals surface area contributed by atoms with Crippen molar-refractivity contribution in [3.8, 4) is 0 Å². The normalized spacial score (nSPS) is 13.9. The molecule has 2 unspecified atom stereocenters. The lowest BCUT2D eigenvalue weighted by Crippen LogP contribution is -2.40. The first-order valence-electron chi connectivity index (χ1n) is 13.6. The molecule has 0 saturated carbocycles. The fourth-order valence-electron chi connectivity index (χ4n) is 5.98. The second kappa shape index (κ2) is 11.9. The van der Waals surface area contributed by atoms with Gasteiger partial charge in [-0.25, -0.2) is 0 Å². The Morgan fingerprint density at radius 2 is 1.05 bits per heavy atom. The highest BCUT2D eigenvalue weighted by atomic mass is 32.2. The summed E-state index contributed by atoms with van der Waals surface area (Å²) in [7, 11) is -4.95. The van der Waals surface area contributed by atoms with Crippen molar-refractivity contribution in [2.45, 2.75) is 70.6 Å². The van der Waals surface area contributed by atoms with E-state index in [0.29, 0.717) is 21.9 Å². The predicted octanol–water partition coefficient (Wildman–Crippen LogP) is 9.44. The Hall–Kier alpha value is -3.86. The largest absolute Gasteiger partial charge is 0.401 e. The molecule has 2 atom stereocenters. The molecular weight excluding hydrogens is 604 g/mol. The van der Waals surface area contributed by atoms with Crippen molar-refractivity contribution in [3.05, 3.63) is 111 Å². The van der Waals surface area contributed by atoms with Crippen LogP contribution in [-0.4, -0.2) is 26.5 Å². The number of halogens is 6. The minimum absolute atomic E-state index is 0.0770. The molecule has 0 aliphatic carbocycles. The van der Waals surface area contributed by atoms with E-state index in [9.17, 15) is 8.42 Å². The maximum absolute atomic E-state index is 15.1. The molecule has 0 amide bonds. The molecule has 0 aliphatic heterocycles. The van der Waals surface area contributed by atoms with Gasteiger partial charge in [-0.05, 0) is 97.8 Å². The topological polar surface area (TPSA) is 55.7 Å². The highest BCUT2D eigenvalue weighted by molar-refractivity contribution is 7.86. The summed E-state index contributed by atoms with van der Waals surface area (Å²) in [6.07, 6.45) is -10.6. The Morgan fingerprint density at radius 3 is 1.45 bits per heavy atom. The van der Waals surface area contributed by atoms with Crippen molar-refractivity contribution >= 4 is 26.6 Å². The lowest BCUT2D eigenvalue weighted by Gasteiger charge is -2.32. The van der Waals surface area contributed by atoms with Gasteiger partial charge in [0.2, 0.25) is 0 Å². The van der Waals surface area contributed by atoms with Crippen molar-refractivity contribution in [1.29, 1.82) is 0 Å². The molecular formula is C33H31F6NO3S.